The van der Waals surface area contributed by atoms with Crippen LogP contribution < -0.4 is 10.2 Å². The lowest BCUT2D eigenvalue weighted by atomic mass is 10.1. The summed E-state index contributed by atoms with van der Waals surface area (Å²) in [5, 5.41) is 2.80. The lowest BCUT2D eigenvalue weighted by Gasteiger charge is -2.17. The second-order valence-electron chi connectivity index (χ2n) is 7.05. The Labute approximate surface area is 162 Å². The van der Waals surface area contributed by atoms with Gasteiger partial charge in [0.25, 0.3) is 0 Å². The lowest BCUT2D eigenvalue weighted by Crippen LogP contribution is -2.28. The molecule has 1 N–H and O–H groups in total. The average Bonchev–Trinajstić information content (AvgIpc) is 3.02. The molecule has 28 heavy (non-hydrogen) atoms. The molecule has 0 aliphatic carbocycles. The first kappa shape index (κ1) is 19.9. The van der Waals surface area contributed by atoms with Crippen LogP contribution >= 0.6 is 0 Å². The van der Waals surface area contributed by atoms with Crippen molar-refractivity contribution >= 4 is 23.2 Å². The van der Waals surface area contributed by atoms with Crippen molar-refractivity contribution in [3.05, 3.63) is 59.7 Å². The van der Waals surface area contributed by atoms with Gasteiger partial charge >= 0.3 is 0 Å². The molecule has 148 valence electrons. The topological polar surface area (TPSA) is 58.6 Å². The zero-order chi connectivity index (χ0) is 20.3. The minimum absolute atomic E-state index is 0.0190. The van der Waals surface area contributed by atoms with Gasteiger partial charge in [-0.1, -0.05) is 12.1 Å². The molecular formula is C21H22F2N2O3. The number of benzene rings is 2. The molecule has 2 amide bonds. The molecule has 0 spiro atoms. The molecule has 1 saturated heterocycles. The zero-order valence-corrected chi connectivity index (χ0v) is 15.7. The van der Waals surface area contributed by atoms with Gasteiger partial charge < -0.3 is 15.0 Å². The number of halogens is 2. The Kier molecular flexibility index (Phi) is 6.04. The number of hydrogen-bond acceptors (Lipinski definition) is 3. The monoisotopic (exact) mass is 388 g/mol. The molecule has 0 bridgehead atoms. The molecule has 0 radical (unpaired) electrons. The molecule has 7 heteroatoms. The second-order valence-corrected chi connectivity index (χ2v) is 7.05. The largest absolute Gasteiger partial charge is 0.374 e. The first-order valence-electron chi connectivity index (χ1n) is 9.10. The maximum atomic E-state index is 14.0. The van der Waals surface area contributed by atoms with E-state index < -0.39 is 17.6 Å². The third-order valence-electron chi connectivity index (χ3n) is 4.47. The summed E-state index contributed by atoms with van der Waals surface area (Å²) in [6, 6.07) is 10.3. The van der Waals surface area contributed by atoms with Crippen molar-refractivity contribution in [1.82, 2.24) is 0 Å². The number of anilines is 2. The molecule has 1 atom stereocenters. The number of nitrogens with zero attached hydrogens (tertiary/aromatic N) is 1. The Morgan fingerprint density at radius 2 is 2.04 bits per heavy atom. The fourth-order valence-corrected chi connectivity index (χ4v) is 3.06. The quantitative estimate of drug-likeness (QED) is 0.817. The van der Waals surface area contributed by atoms with Crippen LogP contribution in [0.25, 0.3) is 0 Å². The van der Waals surface area contributed by atoms with E-state index in [4.69, 9.17) is 4.74 Å². The van der Waals surface area contributed by atoms with Gasteiger partial charge in [-0.3, -0.25) is 9.59 Å². The van der Waals surface area contributed by atoms with Crippen LogP contribution in [0.2, 0.25) is 0 Å². The molecule has 3 rings (SSSR count). The standard InChI is InChI=1S/C21H22F2N2O3/c1-13(2)28-12-14-4-3-5-17(8-14)24-21(27)15-9-20(26)25(11-15)19-7-6-16(22)10-18(19)23/h3-8,10,13,15H,9,11-12H2,1-2H3,(H,24,27). The van der Waals surface area contributed by atoms with E-state index in [0.29, 0.717) is 12.3 Å². The van der Waals surface area contributed by atoms with E-state index >= 15 is 0 Å². The molecule has 1 aliphatic heterocycles. The summed E-state index contributed by atoms with van der Waals surface area (Å²) in [6.45, 7) is 4.36. The summed E-state index contributed by atoms with van der Waals surface area (Å²) in [6.07, 6.45) is 0.0688. The van der Waals surface area contributed by atoms with Crippen LogP contribution in [0.3, 0.4) is 0 Å². The van der Waals surface area contributed by atoms with Crippen LogP contribution in [0.5, 0.6) is 0 Å². The number of carbonyl (C=O) groups is 2. The minimum atomic E-state index is -0.827. The van der Waals surface area contributed by atoms with Crippen molar-refractivity contribution < 1.29 is 23.1 Å². The molecule has 1 fully saturated rings. The van der Waals surface area contributed by atoms with Gasteiger partial charge in [0.05, 0.1) is 24.3 Å². The van der Waals surface area contributed by atoms with Gasteiger partial charge in [0.15, 0.2) is 0 Å². The third kappa shape index (κ3) is 4.72. The zero-order valence-electron chi connectivity index (χ0n) is 15.7. The summed E-state index contributed by atoms with van der Waals surface area (Å²) in [4.78, 5) is 26.0. The number of nitrogens with one attached hydrogen (secondary N) is 1. The van der Waals surface area contributed by atoms with Crippen molar-refractivity contribution in [2.24, 2.45) is 5.92 Å². The molecule has 1 unspecified atom stereocenters. The first-order chi connectivity index (χ1) is 13.3. The van der Waals surface area contributed by atoms with E-state index in [2.05, 4.69) is 5.32 Å². The molecule has 2 aromatic carbocycles. The van der Waals surface area contributed by atoms with E-state index in [1.165, 1.54) is 11.0 Å². The number of rotatable bonds is 6. The molecule has 0 aromatic heterocycles. The lowest BCUT2D eigenvalue weighted by molar-refractivity contribution is -0.122. The normalized spacial score (nSPS) is 16.7. The van der Waals surface area contributed by atoms with Crippen LogP contribution in [-0.2, 0) is 20.9 Å². The Bertz CT molecular complexity index is 886. The van der Waals surface area contributed by atoms with Gasteiger partial charge in [0.2, 0.25) is 11.8 Å². The molecule has 1 heterocycles. The summed E-state index contributed by atoms with van der Waals surface area (Å²) < 4.78 is 32.6. The van der Waals surface area contributed by atoms with E-state index in [1.807, 2.05) is 32.0 Å². The van der Waals surface area contributed by atoms with Crippen LogP contribution in [-0.4, -0.2) is 24.5 Å². The van der Waals surface area contributed by atoms with E-state index in [-0.39, 0.29) is 36.6 Å². The summed E-state index contributed by atoms with van der Waals surface area (Å²) in [5.41, 5.74) is 1.51. The fraction of sp³-hybridized carbons (Fsp3) is 0.333. The second kappa shape index (κ2) is 8.48. The molecule has 1 aliphatic rings. The minimum Gasteiger partial charge on any atom is -0.374 e. The van der Waals surface area contributed by atoms with Crippen molar-refractivity contribution in [3.63, 3.8) is 0 Å². The van der Waals surface area contributed by atoms with Crippen LogP contribution in [0.4, 0.5) is 20.2 Å². The maximum Gasteiger partial charge on any atom is 0.229 e. The SMILES string of the molecule is CC(C)OCc1cccc(NC(=O)C2CC(=O)N(c3ccc(F)cc3F)C2)c1. The molecular weight excluding hydrogens is 366 g/mol. The predicted octanol–water partition coefficient (Wildman–Crippen LogP) is 3.88. The fourth-order valence-electron chi connectivity index (χ4n) is 3.06. The van der Waals surface area contributed by atoms with Crippen LogP contribution in [0.1, 0.15) is 25.8 Å². The average molecular weight is 388 g/mol. The third-order valence-corrected chi connectivity index (χ3v) is 4.47. The van der Waals surface area contributed by atoms with E-state index in [1.54, 1.807) is 6.07 Å². The summed E-state index contributed by atoms with van der Waals surface area (Å²) in [5.74, 6) is -2.85. The van der Waals surface area contributed by atoms with Crippen molar-refractivity contribution in [2.75, 3.05) is 16.8 Å². The smallest absolute Gasteiger partial charge is 0.229 e. The number of amides is 2. The summed E-state index contributed by atoms with van der Waals surface area (Å²) in [7, 11) is 0. The Hall–Kier alpha value is -2.80. The number of ether oxygens (including phenoxy) is 1. The van der Waals surface area contributed by atoms with Crippen LogP contribution in [0, 0.1) is 17.6 Å². The van der Waals surface area contributed by atoms with Crippen LogP contribution in [0.15, 0.2) is 42.5 Å². The van der Waals surface area contributed by atoms with Crippen molar-refractivity contribution in [1.29, 1.82) is 0 Å². The Balaban J connectivity index is 1.66. The Morgan fingerprint density at radius 3 is 2.75 bits per heavy atom. The van der Waals surface area contributed by atoms with Crippen molar-refractivity contribution in [3.8, 4) is 0 Å². The molecule has 0 saturated carbocycles. The Morgan fingerprint density at radius 1 is 1.25 bits per heavy atom. The van der Waals surface area contributed by atoms with Gasteiger partial charge in [0, 0.05) is 24.7 Å². The number of hydrogen-bond donors (Lipinski definition) is 1. The maximum absolute atomic E-state index is 14.0. The van der Waals surface area contributed by atoms with Gasteiger partial charge in [-0.05, 0) is 43.7 Å². The number of carbonyl (C=O) groups excluding carboxylic acids is 2. The summed E-state index contributed by atoms with van der Waals surface area (Å²) >= 11 is 0. The van der Waals surface area contributed by atoms with Gasteiger partial charge in [-0.2, -0.15) is 0 Å². The highest BCUT2D eigenvalue weighted by Crippen LogP contribution is 2.28. The van der Waals surface area contributed by atoms with Gasteiger partial charge in [0.1, 0.15) is 11.6 Å². The van der Waals surface area contributed by atoms with Crippen molar-refractivity contribution in [2.45, 2.75) is 33.0 Å². The highest BCUT2D eigenvalue weighted by molar-refractivity contribution is 6.03. The first-order valence-corrected chi connectivity index (χ1v) is 9.10. The highest BCUT2D eigenvalue weighted by atomic mass is 19.1. The van der Waals surface area contributed by atoms with E-state index in [0.717, 1.165) is 17.7 Å². The van der Waals surface area contributed by atoms with Gasteiger partial charge in [-0.15, -0.1) is 0 Å². The molecule has 2 aromatic rings. The van der Waals surface area contributed by atoms with E-state index in [9.17, 15) is 18.4 Å². The highest BCUT2D eigenvalue weighted by Gasteiger charge is 2.36. The molecule has 5 nitrogen and oxygen atoms in total. The van der Waals surface area contributed by atoms with Gasteiger partial charge in [-0.25, -0.2) is 8.78 Å². The predicted molar refractivity (Wildman–Crippen MR) is 102 cm³/mol.